The van der Waals surface area contributed by atoms with Gasteiger partial charge in [0, 0.05) is 6.42 Å². The van der Waals surface area contributed by atoms with E-state index in [1.807, 2.05) is 0 Å². The van der Waals surface area contributed by atoms with Crippen molar-refractivity contribution in [1.82, 2.24) is 0 Å². The van der Waals surface area contributed by atoms with Crippen molar-refractivity contribution in [2.24, 2.45) is 0 Å². The Kier molecular flexibility index (Phi) is 8.46. The molecular weight excluding hydrogens is 188 g/mol. The Morgan fingerprint density at radius 3 is 2.31 bits per heavy atom. The number of carbonyl (C=O) groups excluding carboxylic acids is 1. The second kappa shape index (κ2) is 8.52. The van der Waals surface area contributed by atoms with Crippen LogP contribution in [0.3, 0.4) is 0 Å². The van der Waals surface area contributed by atoms with E-state index in [0.717, 1.165) is 12.8 Å². The van der Waals surface area contributed by atoms with Gasteiger partial charge in [-0.1, -0.05) is 50.6 Å². The smallest absolute Gasteiger partial charge is 0.186 e. The zero-order valence-electron chi connectivity index (χ0n) is 8.26. The van der Waals surface area contributed by atoms with Crippen LogP contribution in [0.15, 0.2) is 0 Å². The summed E-state index contributed by atoms with van der Waals surface area (Å²) in [6.07, 6.45) is 7.26. The molecule has 1 N–H and O–H groups in total. The van der Waals surface area contributed by atoms with Crippen LogP contribution in [0.5, 0.6) is 0 Å². The first-order chi connectivity index (χ1) is 6.18. The predicted octanol–water partition coefficient (Wildman–Crippen LogP) is 2.86. The summed E-state index contributed by atoms with van der Waals surface area (Å²) in [7, 11) is 0. The Morgan fingerprint density at radius 1 is 1.23 bits per heavy atom. The number of rotatable bonds is 8. The van der Waals surface area contributed by atoms with Gasteiger partial charge in [-0.25, -0.2) is 0 Å². The number of halogens is 1. The van der Waals surface area contributed by atoms with Crippen molar-refractivity contribution in [3.8, 4) is 0 Å². The summed E-state index contributed by atoms with van der Waals surface area (Å²) in [5, 5.41) is 8.68. The molecule has 0 aromatic heterocycles. The average molecular weight is 207 g/mol. The fraction of sp³-hybridized carbons (Fsp3) is 0.900. The Bertz CT molecular complexity index is 135. The zero-order valence-corrected chi connectivity index (χ0v) is 9.02. The third kappa shape index (κ3) is 8.26. The zero-order chi connectivity index (χ0) is 10.1. The van der Waals surface area contributed by atoms with Crippen molar-refractivity contribution in [2.75, 3.05) is 0 Å². The van der Waals surface area contributed by atoms with Crippen LogP contribution in [0.1, 0.15) is 51.9 Å². The molecular formula is C10H19ClO2. The number of alkyl halides is 1. The van der Waals surface area contributed by atoms with Gasteiger partial charge < -0.3 is 5.11 Å². The summed E-state index contributed by atoms with van der Waals surface area (Å²) >= 11 is 5.20. The lowest BCUT2D eigenvalue weighted by molar-refractivity contribution is -0.123. The molecule has 0 radical (unpaired) electrons. The minimum Gasteiger partial charge on any atom is -0.371 e. The normalized spacial score (nSPS) is 12.8. The second-order valence-electron chi connectivity index (χ2n) is 3.32. The van der Waals surface area contributed by atoms with Gasteiger partial charge in [0.2, 0.25) is 0 Å². The number of aliphatic hydroxyl groups excluding tert-OH is 1. The van der Waals surface area contributed by atoms with Crippen LogP contribution in [-0.2, 0) is 4.79 Å². The van der Waals surface area contributed by atoms with Crippen molar-refractivity contribution in [1.29, 1.82) is 0 Å². The Balaban J connectivity index is 3.12. The highest BCUT2D eigenvalue weighted by Crippen LogP contribution is 2.08. The standard InChI is InChI=1S/C10H19ClO2/c1-2-3-4-5-6-7-8-9(12)10(11)13/h10,13H,2-8H2,1H3. The summed E-state index contributed by atoms with van der Waals surface area (Å²) in [5.41, 5.74) is -1.30. The van der Waals surface area contributed by atoms with Crippen LogP contribution < -0.4 is 0 Å². The summed E-state index contributed by atoms with van der Waals surface area (Å²) in [4.78, 5) is 10.8. The second-order valence-corrected chi connectivity index (χ2v) is 3.73. The van der Waals surface area contributed by atoms with Gasteiger partial charge in [0.15, 0.2) is 11.3 Å². The van der Waals surface area contributed by atoms with Gasteiger partial charge in [0.05, 0.1) is 0 Å². The molecule has 0 aromatic rings. The highest BCUT2D eigenvalue weighted by molar-refractivity contribution is 6.29. The summed E-state index contributed by atoms with van der Waals surface area (Å²) in [5.74, 6) is -0.253. The molecule has 2 nitrogen and oxygen atoms in total. The number of ketones is 1. The fourth-order valence-electron chi connectivity index (χ4n) is 1.20. The van der Waals surface area contributed by atoms with Gasteiger partial charge >= 0.3 is 0 Å². The van der Waals surface area contributed by atoms with Gasteiger partial charge in [-0.05, 0) is 6.42 Å². The van der Waals surface area contributed by atoms with Gasteiger partial charge in [-0.15, -0.1) is 0 Å². The quantitative estimate of drug-likeness (QED) is 0.490. The fourth-order valence-corrected chi connectivity index (χ4v) is 1.31. The molecule has 13 heavy (non-hydrogen) atoms. The van der Waals surface area contributed by atoms with Crippen LogP contribution in [-0.4, -0.2) is 16.5 Å². The minimum atomic E-state index is -1.30. The maximum absolute atomic E-state index is 10.8. The minimum absolute atomic E-state index is 0.253. The molecule has 1 unspecified atom stereocenters. The SMILES string of the molecule is CCCCCCCCC(=O)C(O)Cl. The molecule has 3 heteroatoms. The van der Waals surface area contributed by atoms with Crippen molar-refractivity contribution < 1.29 is 9.90 Å². The number of hydrogen-bond acceptors (Lipinski definition) is 2. The van der Waals surface area contributed by atoms with Crippen molar-refractivity contribution >= 4 is 17.4 Å². The molecule has 0 aliphatic carbocycles. The van der Waals surface area contributed by atoms with Crippen molar-refractivity contribution in [3.63, 3.8) is 0 Å². The maximum atomic E-state index is 10.8. The summed E-state index contributed by atoms with van der Waals surface area (Å²) < 4.78 is 0. The molecule has 0 saturated heterocycles. The summed E-state index contributed by atoms with van der Waals surface area (Å²) in [6, 6.07) is 0. The predicted molar refractivity (Wildman–Crippen MR) is 54.9 cm³/mol. The number of aliphatic hydroxyl groups is 1. The number of unbranched alkanes of at least 4 members (excludes halogenated alkanes) is 5. The maximum Gasteiger partial charge on any atom is 0.186 e. The van der Waals surface area contributed by atoms with E-state index < -0.39 is 5.56 Å². The molecule has 0 bridgehead atoms. The number of carbonyl (C=O) groups is 1. The van der Waals surface area contributed by atoms with Crippen LogP contribution in [0.4, 0.5) is 0 Å². The largest absolute Gasteiger partial charge is 0.371 e. The number of hydrogen-bond donors (Lipinski definition) is 1. The lowest BCUT2D eigenvalue weighted by atomic mass is 10.1. The average Bonchev–Trinajstić information content (AvgIpc) is 2.10. The van der Waals surface area contributed by atoms with Crippen molar-refractivity contribution in [3.05, 3.63) is 0 Å². The van der Waals surface area contributed by atoms with Crippen LogP contribution in [0.25, 0.3) is 0 Å². The molecule has 0 rings (SSSR count). The van der Waals surface area contributed by atoms with Gasteiger partial charge in [0.25, 0.3) is 0 Å². The molecule has 0 aliphatic rings. The Labute approximate surface area is 85.3 Å². The Hall–Kier alpha value is -0.0800. The van der Waals surface area contributed by atoms with E-state index in [1.165, 1.54) is 25.7 Å². The van der Waals surface area contributed by atoms with Gasteiger partial charge in [-0.3, -0.25) is 4.79 Å². The highest BCUT2D eigenvalue weighted by atomic mass is 35.5. The topological polar surface area (TPSA) is 37.3 Å². The van der Waals surface area contributed by atoms with E-state index in [-0.39, 0.29) is 5.78 Å². The molecule has 0 aromatic carbocycles. The van der Waals surface area contributed by atoms with E-state index in [2.05, 4.69) is 6.92 Å². The monoisotopic (exact) mass is 206 g/mol. The van der Waals surface area contributed by atoms with Crippen LogP contribution in [0.2, 0.25) is 0 Å². The Morgan fingerprint density at radius 2 is 1.77 bits per heavy atom. The number of Topliss-reactive ketones (excluding diaryl/α,β-unsaturated/α-hetero) is 1. The highest BCUT2D eigenvalue weighted by Gasteiger charge is 2.09. The first kappa shape index (κ1) is 12.9. The molecule has 0 saturated carbocycles. The molecule has 78 valence electrons. The first-order valence-corrected chi connectivity index (χ1v) is 5.47. The van der Waals surface area contributed by atoms with E-state index in [1.54, 1.807) is 0 Å². The lowest BCUT2D eigenvalue weighted by Crippen LogP contribution is -2.12. The van der Waals surface area contributed by atoms with E-state index in [4.69, 9.17) is 16.7 Å². The van der Waals surface area contributed by atoms with E-state index in [9.17, 15) is 4.79 Å². The summed E-state index contributed by atoms with van der Waals surface area (Å²) in [6.45, 7) is 2.17. The molecule has 0 aliphatic heterocycles. The van der Waals surface area contributed by atoms with Gasteiger partial charge in [-0.2, -0.15) is 0 Å². The van der Waals surface area contributed by atoms with Crippen LogP contribution >= 0.6 is 11.6 Å². The van der Waals surface area contributed by atoms with E-state index >= 15 is 0 Å². The molecule has 0 spiro atoms. The molecule has 1 atom stereocenters. The van der Waals surface area contributed by atoms with Crippen molar-refractivity contribution in [2.45, 2.75) is 57.4 Å². The van der Waals surface area contributed by atoms with Crippen LogP contribution in [0, 0.1) is 0 Å². The first-order valence-electron chi connectivity index (χ1n) is 5.03. The lowest BCUT2D eigenvalue weighted by Gasteiger charge is -2.01. The molecule has 0 heterocycles. The third-order valence-corrected chi connectivity index (χ3v) is 2.29. The van der Waals surface area contributed by atoms with E-state index in [0.29, 0.717) is 6.42 Å². The molecule has 0 amide bonds. The van der Waals surface area contributed by atoms with Gasteiger partial charge in [0.1, 0.15) is 0 Å². The molecule has 0 fully saturated rings. The third-order valence-electron chi connectivity index (χ3n) is 2.04.